The lowest BCUT2D eigenvalue weighted by Crippen LogP contribution is -2.28. The van der Waals surface area contributed by atoms with Crippen LogP contribution >= 0.6 is 11.3 Å². The normalized spacial score (nSPS) is 14.4. The number of hydrogen-bond acceptors (Lipinski definition) is 4. The SMILES string of the molecule is CCc1cnc(C(C)NC(=O)CCC(C)N)s1. The highest BCUT2D eigenvalue weighted by Gasteiger charge is 2.13. The van der Waals surface area contributed by atoms with Crippen LogP contribution in [-0.2, 0) is 11.2 Å². The standard InChI is InChI=1S/C12H21N3OS/c1-4-10-7-14-12(17-10)9(3)15-11(16)6-5-8(2)13/h7-9H,4-6,13H2,1-3H3,(H,15,16). The summed E-state index contributed by atoms with van der Waals surface area (Å²) in [7, 11) is 0. The van der Waals surface area contributed by atoms with E-state index in [1.54, 1.807) is 11.3 Å². The van der Waals surface area contributed by atoms with Gasteiger partial charge in [0.1, 0.15) is 5.01 Å². The Morgan fingerprint density at radius 3 is 2.82 bits per heavy atom. The van der Waals surface area contributed by atoms with E-state index in [1.807, 2.05) is 20.0 Å². The first-order valence-electron chi connectivity index (χ1n) is 6.02. The minimum atomic E-state index is -0.0131. The van der Waals surface area contributed by atoms with Crippen LogP contribution < -0.4 is 11.1 Å². The zero-order valence-corrected chi connectivity index (χ0v) is 11.5. The molecule has 1 amide bonds. The number of carbonyl (C=O) groups excluding carboxylic acids is 1. The summed E-state index contributed by atoms with van der Waals surface area (Å²) in [5.74, 6) is 0.0445. The molecule has 1 rings (SSSR count). The molecular weight excluding hydrogens is 234 g/mol. The Hall–Kier alpha value is -0.940. The van der Waals surface area contributed by atoms with Gasteiger partial charge in [0.15, 0.2) is 0 Å². The molecule has 0 saturated heterocycles. The van der Waals surface area contributed by atoms with E-state index in [2.05, 4.69) is 17.2 Å². The Labute approximate surface area is 107 Å². The number of nitrogens with two attached hydrogens (primary N) is 1. The lowest BCUT2D eigenvalue weighted by molar-refractivity contribution is -0.121. The Kier molecular flexibility index (Phi) is 5.58. The lowest BCUT2D eigenvalue weighted by atomic mass is 10.2. The van der Waals surface area contributed by atoms with E-state index in [0.717, 1.165) is 17.8 Å². The third kappa shape index (κ3) is 4.83. The number of aryl methyl sites for hydroxylation is 1. The van der Waals surface area contributed by atoms with Gasteiger partial charge in [0.05, 0.1) is 6.04 Å². The van der Waals surface area contributed by atoms with Gasteiger partial charge in [-0.3, -0.25) is 4.79 Å². The molecule has 0 bridgehead atoms. The fourth-order valence-electron chi connectivity index (χ4n) is 1.42. The average Bonchev–Trinajstić information content (AvgIpc) is 2.74. The van der Waals surface area contributed by atoms with Crippen LogP contribution in [0.2, 0.25) is 0 Å². The van der Waals surface area contributed by atoms with Crippen LogP contribution in [0.3, 0.4) is 0 Å². The number of carbonyl (C=O) groups is 1. The molecule has 0 aliphatic rings. The number of thiazole rings is 1. The van der Waals surface area contributed by atoms with Gasteiger partial charge in [-0.25, -0.2) is 4.98 Å². The summed E-state index contributed by atoms with van der Waals surface area (Å²) < 4.78 is 0. The number of rotatable bonds is 6. The lowest BCUT2D eigenvalue weighted by Gasteiger charge is -2.11. The Balaban J connectivity index is 2.42. The minimum absolute atomic E-state index is 0.0131. The Bertz CT molecular complexity index is 362. The quantitative estimate of drug-likeness (QED) is 0.817. The zero-order chi connectivity index (χ0) is 12.8. The van der Waals surface area contributed by atoms with Crippen molar-refractivity contribution >= 4 is 17.2 Å². The number of nitrogens with one attached hydrogen (secondary N) is 1. The highest BCUT2D eigenvalue weighted by molar-refractivity contribution is 7.11. The maximum absolute atomic E-state index is 11.6. The molecule has 0 aliphatic heterocycles. The van der Waals surface area contributed by atoms with Crippen molar-refractivity contribution in [3.63, 3.8) is 0 Å². The molecule has 1 aromatic heterocycles. The third-order valence-corrected chi connectivity index (χ3v) is 3.82. The molecule has 2 unspecified atom stereocenters. The van der Waals surface area contributed by atoms with Gasteiger partial charge < -0.3 is 11.1 Å². The van der Waals surface area contributed by atoms with Crippen molar-refractivity contribution < 1.29 is 4.79 Å². The first-order chi connectivity index (χ1) is 8.02. The molecule has 17 heavy (non-hydrogen) atoms. The van der Waals surface area contributed by atoms with Crippen molar-refractivity contribution in [1.29, 1.82) is 0 Å². The molecule has 0 saturated carbocycles. The summed E-state index contributed by atoms with van der Waals surface area (Å²) in [6, 6.07) is 0.0588. The minimum Gasteiger partial charge on any atom is -0.347 e. The molecule has 1 heterocycles. The Morgan fingerprint density at radius 1 is 1.59 bits per heavy atom. The van der Waals surface area contributed by atoms with Gasteiger partial charge in [-0.1, -0.05) is 6.92 Å². The first-order valence-corrected chi connectivity index (χ1v) is 6.84. The summed E-state index contributed by atoms with van der Waals surface area (Å²) in [6.07, 6.45) is 4.07. The van der Waals surface area contributed by atoms with Crippen LogP contribution in [-0.4, -0.2) is 16.9 Å². The second kappa shape index (κ2) is 6.71. The molecule has 0 aliphatic carbocycles. The topological polar surface area (TPSA) is 68.0 Å². The highest BCUT2D eigenvalue weighted by Crippen LogP contribution is 2.20. The summed E-state index contributed by atoms with van der Waals surface area (Å²) in [5.41, 5.74) is 5.61. The predicted molar refractivity (Wildman–Crippen MR) is 70.9 cm³/mol. The molecule has 5 heteroatoms. The van der Waals surface area contributed by atoms with Gasteiger partial charge >= 0.3 is 0 Å². The Morgan fingerprint density at radius 2 is 2.29 bits per heavy atom. The molecule has 0 spiro atoms. The third-order valence-electron chi connectivity index (χ3n) is 2.49. The molecule has 0 aromatic carbocycles. The first kappa shape index (κ1) is 14.1. The van der Waals surface area contributed by atoms with E-state index in [1.165, 1.54) is 4.88 Å². The van der Waals surface area contributed by atoms with Crippen molar-refractivity contribution in [1.82, 2.24) is 10.3 Å². The summed E-state index contributed by atoms with van der Waals surface area (Å²) in [4.78, 5) is 17.2. The molecule has 96 valence electrons. The molecule has 1 aromatic rings. The predicted octanol–water partition coefficient (Wildman–Crippen LogP) is 2.01. The summed E-state index contributed by atoms with van der Waals surface area (Å²) >= 11 is 1.66. The van der Waals surface area contributed by atoms with E-state index in [0.29, 0.717) is 6.42 Å². The monoisotopic (exact) mass is 255 g/mol. The average molecular weight is 255 g/mol. The van der Waals surface area contributed by atoms with Gasteiger partial charge in [-0.15, -0.1) is 11.3 Å². The van der Waals surface area contributed by atoms with Crippen molar-refractivity contribution in [3.05, 3.63) is 16.1 Å². The fraction of sp³-hybridized carbons (Fsp3) is 0.667. The molecule has 0 radical (unpaired) electrons. The molecular formula is C12H21N3OS. The molecule has 2 atom stereocenters. The van der Waals surface area contributed by atoms with Crippen LogP contribution in [0.5, 0.6) is 0 Å². The summed E-state index contributed by atoms with van der Waals surface area (Å²) in [6.45, 7) is 5.97. The van der Waals surface area contributed by atoms with E-state index < -0.39 is 0 Å². The molecule has 0 fully saturated rings. The van der Waals surface area contributed by atoms with Crippen LogP contribution in [0.25, 0.3) is 0 Å². The second-order valence-electron chi connectivity index (χ2n) is 4.32. The fourth-order valence-corrected chi connectivity index (χ4v) is 2.28. The van der Waals surface area contributed by atoms with E-state index in [-0.39, 0.29) is 18.0 Å². The van der Waals surface area contributed by atoms with Crippen LogP contribution in [0.1, 0.15) is 49.5 Å². The molecule has 3 N–H and O–H groups in total. The number of amides is 1. The van der Waals surface area contributed by atoms with E-state index in [9.17, 15) is 4.79 Å². The van der Waals surface area contributed by atoms with E-state index >= 15 is 0 Å². The molecule has 4 nitrogen and oxygen atoms in total. The number of hydrogen-bond donors (Lipinski definition) is 2. The number of aromatic nitrogens is 1. The van der Waals surface area contributed by atoms with Crippen molar-refractivity contribution in [2.45, 2.75) is 52.1 Å². The van der Waals surface area contributed by atoms with Gasteiger partial charge in [0.25, 0.3) is 0 Å². The largest absolute Gasteiger partial charge is 0.347 e. The number of nitrogens with zero attached hydrogens (tertiary/aromatic N) is 1. The maximum Gasteiger partial charge on any atom is 0.220 e. The van der Waals surface area contributed by atoms with Crippen LogP contribution in [0, 0.1) is 0 Å². The van der Waals surface area contributed by atoms with Gasteiger partial charge in [0, 0.05) is 23.5 Å². The van der Waals surface area contributed by atoms with Gasteiger partial charge in [-0.05, 0) is 26.7 Å². The van der Waals surface area contributed by atoms with Crippen molar-refractivity contribution in [2.24, 2.45) is 5.73 Å². The summed E-state index contributed by atoms with van der Waals surface area (Å²) in [5, 5.41) is 3.91. The highest BCUT2D eigenvalue weighted by atomic mass is 32.1. The van der Waals surface area contributed by atoms with Gasteiger partial charge in [-0.2, -0.15) is 0 Å². The van der Waals surface area contributed by atoms with Gasteiger partial charge in [0.2, 0.25) is 5.91 Å². The smallest absolute Gasteiger partial charge is 0.220 e. The second-order valence-corrected chi connectivity index (χ2v) is 5.47. The zero-order valence-electron chi connectivity index (χ0n) is 10.7. The van der Waals surface area contributed by atoms with Crippen molar-refractivity contribution in [2.75, 3.05) is 0 Å². The maximum atomic E-state index is 11.6. The van der Waals surface area contributed by atoms with Crippen LogP contribution in [0.15, 0.2) is 6.20 Å². The van der Waals surface area contributed by atoms with Crippen LogP contribution in [0.4, 0.5) is 0 Å². The van der Waals surface area contributed by atoms with E-state index in [4.69, 9.17) is 5.73 Å². The van der Waals surface area contributed by atoms with Crippen molar-refractivity contribution in [3.8, 4) is 0 Å².